The summed E-state index contributed by atoms with van der Waals surface area (Å²) in [6, 6.07) is 21.7. The average molecular weight is 388 g/mol. The molecule has 1 fully saturated rings. The second-order valence-corrected chi connectivity index (χ2v) is 7.67. The van der Waals surface area contributed by atoms with Gasteiger partial charge in [0.25, 0.3) is 5.91 Å². The number of carbonyl (C=O) groups is 1. The third-order valence-corrected chi connectivity index (χ3v) is 5.37. The molecule has 2 heterocycles. The summed E-state index contributed by atoms with van der Waals surface area (Å²) in [5, 5.41) is 0.673. The number of thioether (sulfide) groups is 1. The van der Waals surface area contributed by atoms with Crippen molar-refractivity contribution in [1.82, 2.24) is 4.90 Å². The Bertz CT molecular complexity index is 1050. The molecule has 4 nitrogen and oxygen atoms in total. The van der Waals surface area contributed by atoms with Crippen molar-refractivity contribution < 1.29 is 9.21 Å². The monoisotopic (exact) mass is 388 g/mol. The lowest BCUT2D eigenvalue weighted by Gasteiger charge is -2.15. The second kappa shape index (κ2) is 7.90. The quantitative estimate of drug-likeness (QED) is 0.539. The van der Waals surface area contributed by atoms with Gasteiger partial charge in [-0.25, -0.2) is 4.99 Å². The van der Waals surface area contributed by atoms with Crippen LogP contribution in [0, 0.1) is 13.8 Å². The number of aryl methyl sites for hydroxylation is 2. The zero-order valence-corrected chi connectivity index (χ0v) is 16.6. The highest BCUT2D eigenvalue weighted by Crippen LogP contribution is 2.35. The number of rotatable bonds is 4. The van der Waals surface area contributed by atoms with E-state index in [-0.39, 0.29) is 5.91 Å². The van der Waals surface area contributed by atoms with E-state index in [2.05, 4.69) is 0 Å². The van der Waals surface area contributed by atoms with Gasteiger partial charge in [-0.3, -0.25) is 9.69 Å². The molecule has 1 aliphatic heterocycles. The van der Waals surface area contributed by atoms with Crippen LogP contribution in [0.25, 0.3) is 6.08 Å². The molecule has 2 aromatic carbocycles. The van der Waals surface area contributed by atoms with E-state index in [0.717, 1.165) is 17.0 Å². The smallest absolute Gasteiger partial charge is 0.267 e. The van der Waals surface area contributed by atoms with Crippen molar-refractivity contribution >= 4 is 34.6 Å². The van der Waals surface area contributed by atoms with Crippen molar-refractivity contribution in [1.29, 1.82) is 0 Å². The summed E-state index contributed by atoms with van der Waals surface area (Å²) in [4.78, 5) is 20.2. The van der Waals surface area contributed by atoms with Crippen LogP contribution in [0.2, 0.25) is 0 Å². The highest BCUT2D eigenvalue weighted by atomic mass is 32.2. The number of aliphatic imine (C=N–C) groups is 1. The number of furan rings is 1. The molecule has 5 heteroatoms. The molecule has 0 bridgehead atoms. The third-order valence-electron chi connectivity index (χ3n) is 4.36. The van der Waals surface area contributed by atoms with Crippen LogP contribution in [-0.4, -0.2) is 16.0 Å². The summed E-state index contributed by atoms with van der Waals surface area (Å²) < 4.78 is 5.61. The van der Waals surface area contributed by atoms with Crippen LogP contribution in [0.3, 0.4) is 0 Å². The topological polar surface area (TPSA) is 45.8 Å². The molecular formula is C23H20N2O2S. The summed E-state index contributed by atoms with van der Waals surface area (Å²) in [5.41, 5.74) is 3.06. The number of hydrogen-bond donors (Lipinski definition) is 0. The molecule has 0 unspecified atom stereocenters. The Morgan fingerprint density at radius 2 is 1.75 bits per heavy atom. The maximum atomic E-state index is 13.1. The van der Waals surface area contributed by atoms with Crippen LogP contribution in [0.5, 0.6) is 0 Å². The largest absolute Gasteiger partial charge is 0.462 e. The standard InChI is InChI=1S/C23H20N2O2S/c1-16-8-11-19(12-9-16)24-23-25(15-18-6-4-3-5-7-18)22(26)21(28-23)14-20-13-10-17(2)27-20/h3-14H,15H2,1-2H3/b21-14+,24-23?. The lowest BCUT2D eigenvalue weighted by Crippen LogP contribution is -2.28. The van der Waals surface area contributed by atoms with E-state index in [1.165, 1.54) is 17.3 Å². The first-order valence-electron chi connectivity index (χ1n) is 9.05. The lowest BCUT2D eigenvalue weighted by molar-refractivity contribution is -0.122. The Morgan fingerprint density at radius 1 is 1.00 bits per heavy atom. The fraction of sp³-hybridized carbons (Fsp3) is 0.130. The van der Waals surface area contributed by atoms with Crippen molar-refractivity contribution in [2.75, 3.05) is 0 Å². The Morgan fingerprint density at radius 3 is 2.43 bits per heavy atom. The molecule has 1 aromatic heterocycles. The Kier molecular flexibility index (Phi) is 5.17. The highest BCUT2D eigenvalue weighted by molar-refractivity contribution is 8.18. The number of amides is 1. The first-order chi connectivity index (χ1) is 13.6. The van der Waals surface area contributed by atoms with Gasteiger partial charge in [0.2, 0.25) is 0 Å². The minimum absolute atomic E-state index is 0.0613. The number of carbonyl (C=O) groups excluding carboxylic acids is 1. The van der Waals surface area contributed by atoms with E-state index in [0.29, 0.717) is 22.4 Å². The number of nitrogens with zero attached hydrogens (tertiary/aromatic N) is 2. The molecule has 3 aromatic rings. The third kappa shape index (κ3) is 4.10. The molecule has 1 aliphatic rings. The molecule has 0 N–H and O–H groups in total. The summed E-state index contributed by atoms with van der Waals surface area (Å²) in [6.45, 7) is 4.40. The van der Waals surface area contributed by atoms with Gasteiger partial charge in [0.05, 0.1) is 17.1 Å². The first kappa shape index (κ1) is 18.3. The molecule has 0 spiro atoms. The van der Waals surface area contributed by atoms with Crippen molar-refractivity contribution in [2.24, 2.45) is 4.99 Å². The minimum atomic E-state index is -0.0613. The molecule has 1 amide bonds. The predicted molar refractivity (Wildman–Crippen MR) is 114 cm³/mol. The lowest BCUT2D eigenvalue weighted by atomic mass is 10.2. The van der Waals surface area contributed by atoms with Crippen molar-refractivity contribution in [3.63, 3.8) is 0 Å². The Balaban J connectivity index is 1.69. The highest BCUT2D eigenvalue weighted by Gasteiger charge is 2.33. The number of benzene rings is 2. The molecule has 4 rings (SSSR count). The van der Waals surface area contributed by atoms with Gasteiger partial charge < -0.3 is 4.42 Å². The molecular weight excluding hydrogens is 368 g/mol. The van der Waals surface area contributed by atoms with Gasteiger partial charge >= 0.3 is 0 Å². The first-order valence-corrected chi connectivity index (χ1v) is 9.87. The molecule has 140 valence electrons. The van der Waals surface area contributed by atoms with Gasteiger partial charge in [0.1, 0.15) is 11.5 Å². The number of amidine groups is 1. The normalized spacial score (nSPS) is 17.1. The maximum Gasteiger partial charge on any atom is 0.267 e. The fourth-order valence-electron chi connectivity index (χ4n) is 2.89. The molecule has 0 aliphatic carbocycles. The average Bonchev–Trinajstić information content (AvgIpc) is 3.23. The van der Waals surface area contributed by atoms with E-state index in [1.807, 2.05) is 80.6 Å². The van der Waals surface area contributed by atoms with Gasteiger partial charge in [-0.05, 0) is 55.4 Å². The Hall–Kier alpha value is -3.05. The predicted octanol–water partition coefficient (Wildman–Crippen LogP) is 5.70. The summed E-state index contributed by atoms with van der Waals surface area (Å²) in [6.07, 6.45) is 1.79. The van der Waals surface area contributed by atoms with E-state index in [1.54, 1.807) is 11.0 Å². The zero-order chi connectivity index (χ0) is 19.5. The molecule has 1 saturated heterocycles. The maximum absolute atomic E-state index is 13.1. The number of hydrogen-bond acceptors (Lipinski definition) is 4. The van der Waals surface area contributed by atoms with E-state index >= 15 is 0 Å². The SMILES string of the molecule is Cc1ccc(N=C2S/C(=C/c3ccc(C)o3)C(=O)N2Cc2ccccc2)cc1. The summed E-state index contributed by atoms with van der Waals surface area (Å²) in [7, 11) is 0. The van der Waals surface area contributed by atoms with E-state index in [9.17, 15) is 4.79 Å². The van der Waals surface area contributed by atoms with Crippen LogP contribution in [-0.2, 0) is 11.3 Å². The van der Waals surface area contributed by atoms with Gasteiger partial charge in [0, 0.05) is 6.08 Å². The summed E-state index contributed by atoms with van der Waals surface area (Å²) >= 11 is 1.38. The van der Waals surface area contributed by atoms with Crippen molar-refractivity contribution in [3.8, 4) is 0 Å². The van der Waals surface area contributed by atoms with Gasteiger partial charge in [-0.2, -0.15) is 0 Å². The minimum Gasteiger partial charge on any atom is -0.462 e. The van der Waals surface area contributed by atoms with Gasteiger partial charge in [-0.15, -0.1) is 0 Å². The van der Waals surface area contributed by atoms with Gasteiger partial charge in [-0.1, -0.05) is 48.0 Å². The fourth-order valence-corrected chi connectivity index (χ4v) is 3.86. The zero-order valence-electron chi connectivity index (χ0n) is 15.8. The van der Waals surface area contributed by atoms with Crippen molar-refractivity contribution in [2.45, 2.75) is 20.4 Å². The molecule has 0 radical (unpaired) electrons. The molecule has 0 atom stereocenters. The van der Waals surface area contributed by atoms with E-state index < -0.39 is 0 Å². The van der Waals surface area contributed by atoms with Crippen LogP contribution in [0.4, 0.5) is 5.69 Å². The molecule has 28 heavy (non-hydrogen) atoms. The van der Waals surface area contributed by atoms with Crippen LogP contribution < -0.4 is 0 Å². The van der Waals surface area contributed by atoms with Gasteiger partial charge in [0.15, 0.2) is 5.17 Å². The van der Waals surface area contributed by atoms with Crippen LogP contribution in [0.15, 0.2) is 81.0 Å². The van der Waals surface area contributed by atoms with Crippen LogP contribution in [0.1, 0.15) is 22.6 Å². The van der Waals surface area contributed by atoms with Crippen molar-refractivity contribution in [3.05, 3.63) is 94.3 Å². The van der Waals surface area contributed by atoms with E-state index in [4.69, 9.17) is 9.41 Å². The molecule has 0 saturated carbocycles. The summed E-state index contributed by atoms with van der Waals surface area (Å²) in [5.74, 6) is 1.43. The van der Waals surface area contributed by atoms with Crippen LogP contribution >= 0.6 is 11.8 Å². The Labute approximate surface area is 168 Å². The second-order valence-electron chi connectivity index (χ2n) is 6.67.